The Kier molecular flexibility index (Phi) is 4.59. The molecule has 2 aromatic rings. The SMILES string of the molecule is CCCCCC(O)Oc1cccc2ccccc12. The van der Waals surface area contributed by atoms with E-state index in [-0.39, 0.29) is 0 Å². The summed E-state index contributed by atoms with van der Waals surface area (Å²) >= 11 is 0. The van der Waals surface area contributed by atoms with Crippen molar-refractivity contribution in [2.45, 2.75) is 38.9 Å². The topological polar surface area (TPSA) is 29.5 Å². The van der Waals surface area contributed by atoms with Gasteiger partial charge in [-0.15, -0.1) is 0 Å². The van der Waals surface area contributed by atoms with Crippen molar-refractivity contribution >= 4 is 10.8 Å². The number of unbranched alkanes of at least 4 members (excludes halogenated alkanes) is 2. The van der Waals surface area contributed by atoms with Crippen LogP contribution >= 0.6 is 0 Å². The number of hydrogen-bond acceptors (Lipinski definition) is 2. The Labute approximate surface area is 108 Å². The maximum Gasteiger partial charge on any atom is 0.197 e. The zero-order valence-corrected chi connectivity index (χ0v) is 10.8. The smallest absolute Gasteiger partial charge is 0.197 e. The van der Waals surface area contributed by atoms with Crippen LogP contribution in [0.1, 0.15) is 32.6 Å². The van der Waals surface area contributed by atoms with E-state index in [1.54, 1.807) is 0 Å². The first-order chi connectivity index (χ1) is 8.81. The van der Waals surface area contributed by atoms with Crippen molar-refractivity contribution in [3.63, 3.8) is 0 Å². The van der Waals surface area contributed by atoms with Gasteiger partial charge in [0.1, 0.15) is 5.75 Å². The minimum absolute atomic E-state index is 0.692. The molecule has 0 saturated heterocycles. The van der Waals surface area contributed by atoms with E-state index in [2.05, 4.69) is 6.92 Å². The van der Waals surface area contributed by atoms with E-state index in [1.807, 2.05) is 42.5 Å². The van der Waals surface area contributed by atoms with Crippen LogP contribution in [0.25, 0.3) is 10.8 Å². The molecule has 0 amide bonds. The maximum atomic E-state index is 9.87. The Hall–Kier alpha value is -1.54. The second-order valence-electron chi connectivity index (χ2n) is 4.55. The summed E-state index contributed by atoms with van der Waals surface area (Å²) < 4.78 is 5.63. The highest BCUT2D eigenvalue weighted by Gasteiger charge is 2.07. The molecule has 0 radical (unpaired) electrons. The van der Waals surface area contributed by atoms with Crippen molar-refractivity contribution in [1.82, 2.24) is 0 Å². The van der Waals surface area contributed by atoms with E-state index in [0.717, 1.165) is 35.8 Å². The van der Waals surface area contributed by atoms with Gasteiger partial charge in [-0.25, -0.2) is 0 Å². The van der Waals surface area contributed by atoms with Gasteiger partial charge in [0.25, 0.3) is 0 Å². The van der Waals surface area contributed by atoms with E-state index in [9.17, 15) is 5.11 Å². The molecule has 0 heterocycles. The average Bonchev–Trinajstić information content (AvgIpc) is 2.39. The van der Waals surface area contributed by atoms with Crippen LogP contribution in [0.15, 0.2) is 42.5 Å². The maximum absolute atomic E-state index is 9.87. The van der Waals surface area contributed by atoms with Gasteiger partial charge >= 0.3 is 0 Å². The van der Waals surface area contributed by atoms with Crippen LogP contribution in [0.4, 0.5) is 0 Å². The molecule has 1 unspecified atom stereocenters. The molecule has 0 bridgehead atoms. The van der Waals surface area contributed by atoms with E-state index in [0.29, 0.717) is 6.42 Å². The summed E-state index contributed by atoms with van der Waals surface area (Å²) in [6.45, 7) is 2.15. The fourth-order valence-electron chi connectivity index (χ4n) is 2.07. The number of aliphatic hydroxyl groups excluding tert-OH is 1. The highest BCUT2D eigenvalue weighted by Crippen LogP contribution is 2.26. The molecule has 0 spiro atoms. The summed E-state index contributed by atoms with van der Waals surface area (Å²) in [5.41, 5.74) is 0. The normalized spacial score (nSPS) is 12.6. The van der Waals surface area contributed by atoms with E-state index in [4.69, 9.17) is 4.74 Å². The highest BCUT2D eigenvalue weighted by molar-refractivity contribution is 5.88. The second-order valence-corrected chi connectivity index (χ2v) is 4.55. The first kappa shape index (κ1) is 12.9. The third-order valence-corrected chi connectivity index (χ3v) is 3.07. The predicted octanol–water partition coefficient (Wildman–Crippen LogP) is 4.12. The zero-order valence-electron chi connectivity index (χ0n) is 10.8. The highest BCUT2D eigenvalue weighted by atomic mass is 16.6. The van der Waals surface area contributed by atoms with Crippen LogP contribution in [-0.2, 0) is 0 Å². The Balaban J connectivity index is 2.07. The van der Waals surface area contributed by atoms with E-state index >= 15 is 0 Å². The Morgan fingerprint density at radius 1 is 1.06 bits per heavy atom. The molecular formula is C16H20O2. The molecule has 2 rings (SSSR count). The van der Waals surface area contributed by atoms with Crippen LogP contribution < -0.4 is 4.74 Å². The lowest BCUT2D eigenvalue weighted by molar-refractivity contribution is -0.0234. The van der Waals surface area contributed by atoms with Gasteiger partial charge in [0.05, 0.1) is 0 Å². The summed E-state index contributed by atoms with van der Waals surface area (Å²) in [5.74, 6) is 0.761. The number of ether oxygens (including phenoxy) is 1. The minimum Gasteiger partial charge on any atom is -0.465 e. The molecule has 0 saturated carbocycles. The molecule has 18 heavy (non-hydrogen) atoms. The number of aliphatic hydroxyl groups is 1. The quantitative estimate of drug-likeness (QED) is 0.612. The zero-order chi connectivity index (χ0) is 12.8. The molecule has 2 nitrogen and oxygen atoms in total. The molecule has 0 fully saturated rings. The standard InChI is InChI=1S/C16H20O2/c1-2-3-4-12-16(17)18-15-11-7-9-13-8-5-6-10-14(13)15/h5-11,16-17H,2-4,12H2,1H3. The average molecular weight is 244 g/mol. The van der Waals surface area contributed by atoms with Crippen molar-refractivity contribution in [3.05, 3.63) is 42.5 Å². The summed E-state index contributed by atoms with van der Waals surface area (Å²) in [4.78, 5) is 0. The summed E-state index contributed by atoms with van der Waals surface area (Å²) in [7, 11) is 0. The molecule has 0 aliphatic heterocycles. The van der Waals surface area contributed by atoms with Gasteiger partial charge in [0, 0.05) is 11.8 Å². The Bertz CT molecular complexity index is 488. The molecule has 2 heteroatoms. The number of hydrogen-bond donors (Lipinski definition) is 1. The molecule has 1 atom stereocenters. The second kappa shape index (κ2) is 6.41. The summed E-state index contributed by atoms with van der Waals surface area (Å²) in [6, 6.07) is 14.0. The third-order valence-electron chi connectivity index (χ3n) is 3.07. The van der Waals surface area contributed by atoms with Gasteiger partial charge in [-0.05, 0) is 17.9 Å². The van der Waals surface area contributed by atoms with Gasteiger partial charge in [-0.1, -0.05) is 56.2 Å². The van der Waals surface area contributed by atoms with Crippen molar-refractivity contribution in [1.29, 1.82) is 0 Å². The van der Waals surface area contributed by atoms with Gasteiger partial charge in [-0.3, -0.25) is 0 Å². The lowest BCUT2D eigenvalue weighted by Gasteiger charge is -2.15. The van der Waals surface area contributed by atoms with Gasteiger partial charge in [0.15, 0.2) is 6.29 Å². The first-order valence-electron chi connectivity index (χ1n) is 6.63. The van der Waals surface area contributed by atoms with Crippen LogP contribution in [0.2, 0.25) is 0 Å². The van der Waals surface area contributed by atoms with Gasteiger partial charge in [-0.2, -0.15) is 0 Å². The van der Waals surface area contributed by atoms with Crippen molar-refractivity contribution in [2.24, 2.45) is 0 Å². The molecule has 96 valence electrons. The largest absolute Gasteiger partial charge is 0.465 e. The molecule has 1 N–H and O–H groups in total. The molecular weight excluding hydrogens is 224 g/mol. The molecule has 0 aliphatic rings. The first-order valence-corrected chi connectivity index (χ1v) is 6.63. The van der Waals surface area contributed by atoms with Crippen molar-refractivity contribution < 1.29 is 9.84 Å². The summed E-state index contributed by atoms with van der Waals surface area (Å²) in [6.07, 6.45) is 3.28. The lowest BCUT2D eigenvalue weighted by atomic mass is 10.1. The lowest BCUT2D eigenvalue weighted by Crippen LogP contribution is -2.15. The van der Waals surface area contributed by atoms with Crippen LogP contribution in [-0.4, -0.2) is 11.4 Å². The van der Waals surface area contributed by atoms with Crippen LogP contribution in [0, 0.1) is 0 Å². The molecule has 0 aliphatic carbocycles. The molecule has 2 aromatic carbocycles. The predicted molar refractivity (Wildman–Crippen MR) is 74.7 cm³/mol. The number of benzene rings is 2. The van der Waals surface area contributed by atoms with E-state index < -0.39 is 6.29 Å². The molecule has 0 aromatic heterocycles. The van der Waals surface area contributed by atoms with Crippen molar-refractivity contribution in [3.8, 4) is 5.75 Å². The third kappa shape index (κ3) is 3.23. The van der Waals surface area contributed by atoms with Crippen molar-refractivity contribution in [2.75, 3.05) is 0 Å². The minimum atomic E-state index is -0.706. The Morgan fingerprint density at radius 2 is 1.83 bits per heavy atom. The van der Waals surface area contributed by atoms with Crippen LogP contribution in [0.3, 0.4) is 0 Å². The van der Waals surface area contributed by atoms with Gasteiger partial charge in [0.2, 0.25) is 0 Å². The van der Waals surface area contributed by atoms with E-state index in [1.165, 1.54) is 0 Å². The number of rotatable bonds is 6. The fourth-order valence-corrected chi connectivity index (χ4v) is 2.07. The van der Waals surface area contributed by atoms with Gasteiger partial charge < -0.3 is 9.84 Å². The summed E-state index contributed by atoms with van der Waals surface area (Å²) in [5, 5.41) is 12.1. The number of fused-ring (bicyclic) bond motifs is 1. The monoisotopic (exact) mass is 244 g/mol. The fraction of sp³-hybridized carbons (Fsp3) is 0.375. The van der Waals surface area contributed by atoms with Crippen LogP contribution in [0.5, 0.6) is 5.75 Å². The Morgan fingerprint density at radius 3 is 2.67 bits per heavy atom.